The van der Waals surface area contributed by atoms with E-state index in [1.54, 1.807) is 46.6 Å². The van der Waals surface area contributed by atoms with Crippen molar-refractivity contribution in [2.75, 3.05) is 28.4 Å². The minimum Gasteiger partial charge on any atom is -0.497 e. The summed E-state index contributed by atoms with van der Waals surface area (Å²) in [5, 5.41) is 10.5. The molecule has 1 unspecified atom stereocenters. The Kier molecular flexibility index (Phi) is 5.71. The van der Waals surface area contributed by atoms with E-state index in [0.29, 0.717) is 29.4 Å². The number of hydrogen-bond acceptors (Lipinski definition) is 5. The van der Waals surface area contributed by atoms with Crippen molar-refractivity contribution in [3.63, 3.8) is 0 Å². The Bertz CT molecular complexity index is 632. The van der Waals surface area contributed by atoms with Gasteiger partial charge >= 0.3 is 0 Å². The van der Waals surface area contributed by atoms with Crippen molar-refractivity contribution in [1.82, 2.24) is 0 Å². The smallest absolute Gasteiger partial charge is 0.161 e. The van der Waals surface area contributed by atoms with Crippen molar-refractivity contribution in [2.24, 2.45) is 0 Å². The summed E-state index contributed by atoms with van der Waals surface area (Å²) >= 11 is 0. The maximum atomic E-state index is 10.5. The summed E-state index contributed by atoms with van der Waals surface area (Å²) in [6.45, 7) is 0. The van der Waals surface area contributed by atoms with Crippen LogP contribution in [0, 0.1) is 0 Å². The molecule has 5 nitrogen and oxygen atoms in total. The van der Waals surface area contributed by atoms with Crippen molar-refractivity contribution in [3.8, 4) is 23.0 Å². The third-order valence-corrected chi connectivity index (χ3v) is 3.63. The fourth-order valence-electron chi connectivity index (χ4n) is 2.39. The summed E-state index contributed by atoms with van der Waals surface area (Å²) in [4.78, 5) is 0. The molecule has 2 aromatic carbocycles. The fraction of sp³-hybridized carbons (Fsp3) is 0.333. The Labute approximate surface area is 136 Å². The third kappa shape index (κ3) is 4.07. The zero-order valence-corrected chi connectivity index (χ0v) is 13.8. The molecular weight excluding hydrogens is 296 g/mol. The lowest BCUT2D eigenvalue weighted by molar-refractivity contribution is 0.177. The van der Waals surface area contributed by atoms with Gasteiger partial charge in [-0.05, 0) is 35.4 Å². The van der Waals surface area contributed by atoms with Crippen LogP contribution in [0.15, 0.2) is 36.4 Å². The summed E-state index contributed by atoms with van der Waals surface area (Å²) in [5.74, 6) is 2.61. The summed E-state index contributed by atoms with van der Waals surface area (Å²) in [5.41, 5.74) is 1.67. The Morgan fingerprint density at radius 2 is 1.39 bits per heavy atom. The summed E-state index contributed by atoms with van der Waals surface area (Å²) in [7, 11) is 6.35. The number of aliphatic hydroxyl groups excluding tert-OH is 1. The molecule has 5 heteroatoms. The van der Waals surface area contributed by atoms with Crippen molar-refractivity contribution in [1.29, 1.82) is 0 Å². The summed E-state index contributed by atoms with van der Waals surface area (Å²) < 4.78 is 21.0. The zero-order chi connectivity index (χ0) is 16.8. The second kappa shape index (κ2) is 7.74. The van der Waals surface area contributed by atoms with E-state index < -0.39 is 6.10 Å². The van der Waals surface area contributed by atoms with Gasteiger partial charge in [0, 0.05) is 12.5 Å². The van der Waals surface area contributed by atoms with E-state index in [2.05, 4.69) is 0 Å². The number of benzene rings is 2. The number of methoxy groups -OCH3 is 4. The van der Waals surface area contributed by atoms with Crippen LogP contribution in [0.3, 0.4) is 0 Å². The molecule has 124 valence electrons. The monoisotopic (exact) mass is 318 g/mol. The Hall–Kier alpha value is -2.40. The minimum absolute atomic E-state index is 0.434. The van der Waals surface area contributed by atoms with Gasteiger partial charge in [0.1, 0.15) is 11.5 Å². The molecule has 0 bridgehead atoms. The van der Waals surface area contributed by atoms with E-state index in [1.807, 2.05) is 18.2 Å². The van der Waals surface area contributed by atoms with Crippen molar-refractivity contribution in [2.45, 2.75) is 12.5 Å². The molecule has 0 aliphatic rings. The maximum Gasteiger partial charge on any atom is 0.161 e. The number of rotatable bonds is 7. The normalized spacial score (nSPS) is 11.7. The van der Waals surface area contributed by atoms with Gasteiger partial charge in [-0.2, -0.15) is 0 Å². The molecule has 2 rings (SSSR count). The second-order valence-electron chi connectivity index (χ2n) is 5.06. The molecule has 23 heavy (non-hydrogen) atoms. The largest absolute Gasteiger partial charge is 0.497 e. The van der Waals surface area contributed by atoms with Gasteiger partial charge in [-0.25, -0.2) is 0 Å². The first-order chi connectivity index (χ1) is 11.1. The van der Waals surface area contributed by atoms with Crippen LogP contribution in [-0.2, 0) is 6.42 Å². The highest BCUT2D eigenvalue weighted by Crippen LogP contribution is 2.32. The first-order valence-electron chi connectivity index (χ1n) is 7.23. The van der Waals surface area contributed by atoms with Crippen molar-refractivity contribution >= 4 is 0 Å². The highest BCUT2D eigenvalue weighted by atomic mass is 16.5. The quantitative estimate of drug-likeness (QED) is 0.850. The topological polar surface area (TPSA) is 57.2 Å². The summed E-state index contributed by atoms with van der Waals surface area (Å²) in [6, 6.07) is 10.9. The zero-order valence-electron chi connectivity index (χ0n) is 13.8. The SMILES string of the molecule is COc1cc(CC(O)c2ccc(OC)c(OC)c2)cc(OC)c1. The number of hydrogen-bond donors (Lipinski definition) is 1. The molecule has 1 atom stereocenters. The molecule has 0 saturated carbocycles. The molecule has 0 amide bonds. The van der Waals surface area contributed by atoms with Gasteiger partial charge in [-0.3, -0.25) is 0 Å². The first-order valence-corrected chi connectivity index (χ1v) is 7.23. The molecule has 0 saturated heterocycles. The van der Waals surface area contributed by atoms with Crippen LogP contribution in [0.5, 0.6) is 23.0 Å². The first kappa shape index (κ1) is 17.0. The van der Waals surface area contributed by atoms with Gasteiger partial charge in [0.2, 0.25) is 0 Å². The molecule has 0 heterocycles. The minimum atomic E-state index is -0.674. The lowest BCUT2D eigenvalue weighted by Crippen LogP contribution is -2.03. The van der Waals surface area contributed by atoms with E-state index in [1.165, 1.54) is 0 Å². The molecule has 1 N–H and O–H groups in total. The van der Waals surface area contributed by atoms with Crippen LogP contribution < -0.4 is 18.9 Å². The van der Waals surface area contributed by atoms with Crippen LogP contribution in [0.1, 0.15) is 17.2 Å². The Morgan fingerprint density at radius 1 is 0.783 bits per heavy atom. The van der Waals surface area contributed by atoms with E-state index in [0.717, 1.165) is 11.1 Å². The average molecular weight is 318 g/mol. The van der Waals surface area contributed by atoms with Gasteiger partial charge in [-0.15, -0.1) is 0 Å². The van der Waals surface area contributed by atoms with Crippen molar-refractivity contribution in [3.05, 3.63) is 47.5 Å². The highest BCUT2D eigenvalue weighted by Gasteiger charge is 2.14. The fourth-order valence-corrected chi connectivity index (χ4v) is 2.39. The Morgan fingerprint density at radius 3 is 1.91 bits per heavy atom. The van der Waals surface area contributed by atoms with E-state index >= 15 is 0 Å². The Balaban J connectivity index is 2.23. The predicted octanol–water partition coefficient (Wildman–Crippen LogP) is 3.00. The van der Waals surface area contributed by atoms with Gasteiger partial charge in [0.25, 0.3) is 0 Å². The molecule has 0 spiro atoms. The van der Waals surface area contributed by atoms with Crippen LogP contribution >= 0.6 is 0 Å². The standard InChI is InChI=1S/C18H22O5/c1-20-14-7-12(8-15(11-14)21-2)9-16(19)13-5-6-17(22-3)18(10-13)23-4/h5-8,10-11,16,19H,9H2,1-4H3. The molecular formula is C18H22O5. The maximum absolute atomic E-state index is 10.5. The molecule has 2 aromatic rings. The van der Waals surface area contributed by atoms with Crippen molar-refractivity contribution < 1.29 is 24.1 Å². The van der Waals surface area contributed by atoms with Gasteiger partial charge < -0.3 is 24.1 Å². The van der Waals surface area contributed by atoms with Gasteiger partial charge in [0.05, 0.1) is 34.5 Å². The predicted molar refractivity (Wildman–Crippen MR) is 87.8 cm³/mol. The van der Waals surface area contributed by atoms with Gasteiger partial charge in [-0.1, -0.05) is 6.07 Å². The number of ether oxygens (including phenoxy) is 4. The third-order valence-electron chi connectivity index (χ3n) is 3.63. The molecule has 0 aromatic heterocycles. The molecule has 0 aliphatic heterocycles. The molecule has 0 fully saturated rings. The van der Waals surface area contributed by atoms with Crippen LogP contribution in [-0.4, -0.2) is 33.5 Å². The molecule has 0 aliphatic carbocycles. The number of aliphatic hydroxyl groups is 1. The van der Waals surface area contributed by atoms with E-state index in [9.17, 15) is 5.11 Å². The average Bonchev–Trinajstić information content (AvgIpc) is 2.60. The highest BCUT2D eigenvalue weighted by molar-refractivity contribution is 5.44. The molecule has 0 radical (unpaired) electrons. The lowest BCUT2D eigenvalue weighted by Gasteiger charge is -2.15. The lowest BCUT2D eigenvalue weighted by atomic mass is 10.0. The van der Waals surface area contributed by atoms with Crippen LogP contribution in [0.25, 0.3) is 0 Å². The van der Waals surface area contributed by atoms with E-state index in [-0.39, 0.29) is 0 Å². The van der Waals surface area contributed by atoms with Gasteiger partial charge in [0.15, 0.2) is 11.5 Å². The summed E-state index contributed by atoms with van der Waals surface area (Å²) in [6.07, 6.45) is -0.241. The van der Waals surface area contributed by atoms with Crippen LogP contribution in [0.4, 0.5) is 0 Å². The van der Waals surface area contributed by atoms with Crippen LogP contribution in [0.2, 0.25) is 0 Å². The van der Waals surface area contributed by atoms with E-state index in [4.69, 9.17) is 18.9 Å². The second-order valence-corrected chi connectivity index (χ2v) is 5.06.